The predicted molar refractivity (Wildman–Crippen MR) is 157 cm³/mol. The van der Waals surface area contributed by atoms with Crippen LogP contribution in [-0.4, -0.2) is 0 Å². The van der Waals surface area contributed by atoms with E-state index in [1.165, 1.54) is 12.1 Å². The highest BCUT2D eigenvalue weighted by molar-refractivity contribution is 5.72. The van der Waals surface area contributed by atoms with Gasteiger partial charge in [0.2, 0.25) is 0 Å². The molecule has 5 aromatic carbocycles. The van der Waals surface area contributed by atoms with Gasteiger partial charge in [0.25, 0.3) is 0 Å². The molecule has 5 rings (SSSR count). The van der Waals surface area contributed by atoms with Gasteiger partial charge in [0, 0.05) is 17.2 Å². The van der Waals surface area contributed by atoms with Crippen LogP contribution in [0, 0.1) is 34.9 Å². The van der Waals surface area contributed by atoms with Crippen LogP contribution in [-0.2, 0) is 18.7 Å². The van der Waals surface area contributed by atoms with Crippen molar-refractivity contribution in [1.82, 2.24) is 0 Å². The van der Waals surface area contributed by atoms with Crippen LogP contribution in [0.3, 0.4) is 0 Å². The first kappa shape index (κ1) is 34.2. The van der Waals surface area contributed by atoms with E-state index < -0.39 is 80.8 Å². The topological polar surface area (TPSA) is 9.23 Å². The summed E-state index contributed by atoms with van der Waals surface area (Å²) in [7, 11) is 0. The van der Waals surface area contributed by atoms with Crippen LogP contribution in [0.5, 0.6) is 5.75 Å². The average molecular weight is 679 g/mol. The molecule has 1 nitrogen and oxygen atoms in total. The first-order valence-electron chi connectivity index (χ1n) is 14.0. The largest absolute Gasteiger partial charge is 0.432 e. The van der Waals surface area contributed by atoms with E-state index in [9.17, 15) is 26.3 Å². The number of ether oxygens (including phenoxy) is 1. The zero-order valence-corrected chi connectivity index (χ0v) is 24.3. The van der Waals surface area contributed by atoms with E-state index in [-0.39, 0.29) is 23.8 Å². The van der Waals surface area contributed by atoms with Gasteiger partial charge in [-0.15, -0.1) is 6.58 Å². The molecule has 0 heterocycles. The minimum absolute atomic E-state index is 0.199. The highest BCUT2D eigenvalue weighted by Gasteiger charge is 2.42. The van der Waals surface area contributed by atoms with Gasteiger partial charge in [0.05, 0.1) is 0 Å². The van der Waals surface area contributed by atoms with Gasteiger partial charge in [-0.2, -0.15) is 22.0 Å². The van der Waals surface area contributed by atoms with Gasteiger partial charge in [-0.25, -0.2) is 26.3 Å². The summed E-state index contributed by atoms with van der Waals surface area (Å²) in [6.45, 7) is 3.67. The Morgan fingerprint density at radius 2 is 0.979 bits per heavy atom. The van der Waals surface area contributed by atoms with E-state index in [1.807, 2.05) is 12.1 Å². The normalized spacial score (nSPS) is 11.9. The van der Waals surface area contributed by atoms with Crippen molar-refractivity contribution in [3.05, 3.63) is 149 Å². The fourth-order valence-electron chi connectivity index (χ4n) is 5.06. The molecule has 0 aliphatic carbocycles. The molecule has 0 unspecified atom stereocenters. The minimum Gasteiger partial charge on any atom is -0.429 e. The van der Waals surface area contributed by atoms with Crippen LogP contribution in [0.2, 0.25) is 0 Å². The summed E-state index contributed by atoms with van der Waals surface area (Å²) in [6, 6.07) is 14.1. The van der Waals surface area contributed by atoms with Crippen molar-refractivity contribution < 1.29 is 53.0 Å². The molecule has 0 saturated heterocycles. The zero-order chi connectivity index (χ0) is 35.0. The van der Waals surface area contributed by atoms with Crippen LogP contribution in [0.1, 0.15) is 23.1 Å². The Hall–Kier alpha value is -5.13. The monoisotopic (exact) mass is 678 g/mol. The van der Waals surface area contributed by atoms with Gasteiger partial charge in [-0.1, -0.05) is 42.5 Å². The maximum absolute atomic E-state index is 15.1. The van der Waals surface area contributed by atoms with Crippen LogP contribution in [0.15, 0.2) is 97.6 Å². The number of hydrogen-bond acceptors (Lipinski definition) is 1. The summed E-state index contributed by atoms with van der Waals surface area (Å²) in [5, 5.41) is 0. The van der Waals surface area contributed by atoms with Gasteiger partial charge >= 0.3 is 12.3 Å². The predicted octanol–water partition coefficient (Wildman–Crippen LogP) is 11.8. The Balaban J connectivity index is 1.38. The lowest BCUT2D eigenvalue weighted by Gasteiger charge is -2.20. The maximum atomic E-state index is 15.1. The molecule has 48 heavy (non-hydrogen) atoms. The molecule has 0 aliphatic rings. The van der Waals surface area contributed by atoms with Crippen molar-refractivity contribution in [2.45, 2.75) is 25.1 Å². The van der Waals surface area contributed by atoms with Gasteiger partial charge in [0.15, 0.2) is 0 Å². The molecule has 12 heteroatoms. The van der Waals surface area contributed by atoms with E-state index in [0.29, 0.717) is 35.4 Å². The molecular weight excluding hydrogens is 657 g/mol. The van der Waals surface area contributed by atoms with Crippen molar-refractivity contribution >= 4 is 0 Å². The SMILES string of the molecule is C=CCCc1ccc(-c2ccc(-c3cc(F)c(C(F)(F)Oc4ccc(-c5cc(F)c(C(F)(F)F)c(F)c5)c(F)c4)c(F)c3)c(F)c2)cc1. The van der Waals surface area contributed by atoms with E-state index in [4.69, 9.17) is 0 Å². The number of benzene rings is 5. The fourth-order valence-corrected chi connectivity index (χ4v) is 5.06. The lowest BCUT2D eigenvalue weighted by atomic mass is 9.97. The second kappa shape index (κ2) is 13.2. The van der Waals surface area contributed by atoms with Crippen molar-refractivity contribution in [1.29, 1.82) is 0 Å². The second-order valence-corrected chi connectivity index (χ2v) is 10.6. The van der Waals surface area contributed by atoms with Crippen molar-refractivity contribution in [3.63, 3.8) is 0 Å². The maximum Gasteiger partial charge on any atom is 0.432 e. The summed E-state index contributed by atoms with van der Waals surface area (Å²) in [4.78, 5) is 0. The van der Waals surface area contributed by atoms with Crippen LogP contribution >= 0.6 is 0 Å². The first-order chi connectivity index (χ1) is 22.6. The molecule has 0 atom stereocenters. The lowest BCUT2D eigenvalue weighted by molar-refractivity contribution is -0.189. The van der Waals surface area contributed by atoms with Crippen LogP contribution < -0.4 is 4.74 Å². The Bertz CT molecular complexity index is 1950. The zero-order valence-electron chi connectivity index (χ0n) is 24.3. The first-order valence-corrected chi connectivity index (χ1v) is 14.0. The minimum atomic E-state index is -5.38. The third-order valence-corrected chi connectivity index (χ3v) is 7.36. The molecule has 0 aromatic heterocycles. The smallest absolute Gasteiger partial charge is 0.429 e. The van der Waals surface area contributed by atoms with Gasteiger partial charge in [-0.3, -0.25) is 0 Å². The fraction of sp³-hybridized carbons (Fsp3) is 0.111. The molecule has 248 valence electrons. The van der Waals surface area contributed by atoms with Gasteiger partial charge in [-0.05, 0) is 83.1 Å². The number of alkyl halides is 5. The van der Waals surface area contributed by atoms with Crippen LogP contribution in [0.25, 0.3) is 33.4 Å². The molecule has 5 aromatic rings. The Morgan fingerprint density at radius 1 is 0.521 bits per heavy atom. The second-order valence-electron chi connectivity index (χ2n) is 10.6. The molecule has 0 spiro atoms. The number of aryl methyl sites for hydroxylation is 1. The summed E-state index contributed by atoms with van der Waals surface area (Å²) in [5.41, 5.74) is -4.00. The molecule has 0 radical (unpaired) electrons. The molecule has 0 saturated carbocycles. The molecular formula is C36H21F11O. The Labute approximate surface area is 266 Å². The molecule has 0 aliphatic heterocycles. The molecule has 0 bridgehead atoms. The van der Waals surface area contributed by atoms with Gasteiger partial charge in [0.1, 0.15) is 51.8 Å². The summed E-state index contributed by atoms with van der Waals surface area (Å²) in [6.07, 6.45) is -6.81. The standard InChI is InChI=1S/C36H21F11O/c1-2-3-4-19-5-7-20(8-6-19)21-9-11-25(27(37)13-21)23-16-31(41)34(32(42)17-23)36(46,47)48-24-10-12-26(28(38)18-24)22-14-29(39)33(30(40)15-22)35(43,44)45/h2,5-18H,1,3-4H2. The molecule has 0 N–H and O–H groups in total. The van der Waals surface area contributed by atoms with E-state index >= 15 is 22.0 Å². The van der Waals surface area contributed by atoms with Crippen molar-refractivity contribution in [2.75, 3.05) is 0 Å². The van der Waals surface area contributed by atoms with E-state index in [0.717, 1.165) is 24.5 Å². The van der Waals surface area contributed by atoms with E-state index in [1.54, 1.807) is 18.2 Å². The molecule has 0 fully saturated rings. The van der Waals surface area contributed by atoms with Crippen LogP contribution in [0.4, 0.5) is 48.3 Å². The third kappa shape index (κ3) is 7.07. The summed E-state index contributed by atoms with van der Waals surface area (Å²) >= 11 is 0. The quantitative estimate of drug-likeness (QED) is 0.111. The number of halogens is 11. The van der Waals surface area contributed by atoms with E-state index in [2.05, 4.69) is 11.3 Å². The Morgan fingerprint density at radius 3 is 1.46 bits per heavy atom. The number of rotatable bonds is 9. The number of allylic oxidation sites excluding steroid dienone is 1. The highest BCUT2D eigenvalue weighted by atomic mass is 19.4. The Kier molecular flexibility index (Phi) is 9.39. The third-order valence-electron chi connectivity index (χ3n) is 7.36. The average Bonchev–Trinajstić information content (AvgIpc) is 2.98. The lowest BCUT2D eigenvalue weighted by Crippen LogP contribution is -2.25. The van der Waals surface area contributed by atoms with Gasteiger partial charge < -0.3 is 4.74 Å². The van der Waals surface area contributed by atoms with Crippen molar-refractivity contribution in [2.24, 2.45) is 0 Å². The summed E-state index contributed by atoms with van der Waals surface area (Å²) in [5.74, 6) is -11.1. The summed E-state index contributed by atoms with van der Waals surface area (Å²) < 4.78 is 161. The molecule has 0 amide bonds. The number of hydrogen-bond donors (Lipinski definition) is 0. The van der Waals surface area contributed by atoms with Crippen molar-refractivity contribution in [3.8, 4) is 39.1 Å². The highest BCUT2D eigenvalue weighted by Crippen LogP contribution is 2.40.